The van der Waals surface area contributed by atoms with Crippen molar-refractivity contribution in [2.24, 2.45) is 0 Å². The van der Waals surface area contributed by atoms with E-state index in [1.807, 2.05) is 13.8 Å². The predicted octanol–water partition coefficient (Wildman–Crippen LogP) is 8.63. The Balaban J connectivity index is 2.15. The summed E-state index contributed by atoms with van der Waals surface area (Å²) in [6.45, 7) is 4.83. The summed E-state index contributed by atoms with van der Waals surface area (Å²) in [5, 5.41) is 0.939. The molecule has 0 aliphatic rings. The molecule has 34 heavy (non-hydrogen) atoms. The van der Waals surface area contributed by atoms with Gasteiger partial charge < -0.3 is 30.4 Å². The summed E-state index contributed by atoms with van der Waals surface area (Å²) < 4.78 is 24.1. The maximum absolute atomic E-state index is 6.35. The van der Waals surface area contributed by atoms with E-state index in [1.54, 1.807) is 12.1 Å². The molecule has 3 rings (SSSR count). The van der Waals surface area contributed by atoms with Gasteiger partial charge in [-0.05, 0) is 37.1 Å². The predicted molar refractivity (Wildman–Crippen MR) is 140 cm³/mol. The van der Waals surface area contributed by atoms with Gasteiger partial charge in [0.15, 0.2) is 23.0 Å². The lowest BCUT2D eigenvalue weighted by Crippen LogP contribution is -2.03. The molecule has 0 amide bonds. The number of anilines is 2. The highest BCUT2D eigenvalue weighted by molar-refractivity contribution is 6.38. The molecule has 0 heterocycles. The van der Waals surface area contributed by atoms with Crippen LogP contribution in [0.1, 0.15) is 26.7 Å². The van der Waals surface area contributed by atoms with Crippen molar-refractivity contribution in [3.8, 4) is 34.5 Å². The minimum Gasteiger partial charge on any atom is -0.493 e. The van der Waals surface area contributed by atoms with Crippen LogP contribution in [0.25, 0.3) is 0 Å². The summed E-state index contributed by atoms with van der Waals surface area (Å²) in [7, 11) is 0. The first-order valence-corrected chi connectivity index (χ1v) is 12.0. The molecule has 3 aromatic carbocycles. The molecule has 0 spiro atoms. The van der Waals surface area contributed by atoms with Gasteiger partial charge in [0, 0.05) is 23.5 Å². The van der Waals surface area contributed by atoms with E-state index < -0.39 is 0 Å². The number of ether oxygens (including phenoxy) is 4. The lowest BCUT2D eigenvalue weighted by molar-refractivity contribution is 0.281. The Morgan fingerprint density at radius 2 is 0.971 bits per heavy atom. The summed E-state index contributed by atoms with van der Waals surface area (Å²) in [5.41, 5.74) is 12.5. The lowest BCUT2D eigenvalue weighted by atomic mass is 10.2. The van der Waals surface area contributed by atoms with E-state index in [0.29, 0.717) is 36.1 Å². The van der Waals surface area contributed by atoms with E-state index in [1.165, 1.54) is 24.3 Å². The van der Waals surface area contributed by atoms with Crippen LogP contribution in [-0.2, 0) is 0 Å². The molecule has 0 aliphatic heterocycles. The summed E-state index contributed by atoms with van der Waals surface area (Å²) in [4.78, 5) is 0. The zero-order valence-electron chi connectivity index (χ0n) is 18.6. The largest absolute Gasteiger partial charge is 0.493 e. The minimum atomic E-state index is 0.209. The van der Waals surface area contributed by atoms with Crippen molar-refractivity contribution in [2.45, 2.75) is 26.7 Å². The van der Waals surface area contributed by atoms with Crippen molar-refractivity contribution in [1.82, 2.24) is 0 Å². The van der Waals surface area contributed by atoms with Crippen molar-refractivity contribution in [2.75, 3.05) is 24.7 Å². The summed E-state index contributed by atoms with van der Waals surface area (Å²) in [6.07, 6.45) is 1.53. The maximum Gasteiger partial charge on any atom is 0.205 e. The smallest absolute Gasteiger partial charge is 0.205 e. The molecule has 4 N–H and O–H groups in total. The second kappa shape index (κ2) is 11.8. The number of benzene rings is 3. The first-order valence-electron chi connectivity index (χ1n) is 10.5. The number of rotatable bonds is 10. The van der Waals surface area contributed by atoms with Gasteiger partial charge in [0.05, 0.1) is 33.3 Å². The van der Waals surface area contributed by atoms with Gasteiger partial charge in [0.1, 0.15) is 5.75 Å². The fourth-order valence-electron chi connectivity index (χ4n) is 2.93. The van der Waals surface area contributed by atoms with E-state index in [-0.39, 0.29) is 43.1 Å². The molecular formula is C24H24Cl4N2O4. The molecule has 0 aromatic heterocycles. The lowest BCUT2D eigenvalue weighted by Gasteiger charge is -2.20. The standard InChI is InChI=1S/C24H24Cl4N2O4/c1-3-5-31-15-11-20(33-22-16(25)7-13(29)8-17(22)26)24(32-6-4-2)21(12-15)34-23-18(27)9-14(30)10-19(23)28/h7-12H,3-6,29-30H2,1-2H3. The van der Waals surface area contributed by atoms with Crippen molar-refractivity contribution in [1.29, 1.82) is 0 Å². The van der Waals surface area contributed by atoms with Gasteiger partial charge in [-0.2, -0.15) is 0 Å². The van der Waals surface area contributed by atoms with Crippen LogP contribution >= 0.6 is 46.4 Å². The highest BCUT2D eigenvalue weighted by Crippen LogP contribution is 2.49. The molecule has 182 valence electrons. The van der Waals surface area contributed by atoms with Crippen LogP contribution < -0.4 is 30.4 Å². The van der Waals surface area contributed by atoms with Gasteiger partial charge in [-0.3, -0.25) is 0 Å². The zero-order chi connectivity index (χ0) is 24.8. The van der Waals surface area contributed by atoms with Crippen molar-refractivity contribution in [3.63, 3.8) is 0 Å². The molecule has 10 heteroatoms. The fraction of sp³-hybridized carbons (Fsp3) is 0.250. The minimum absolute atomic E-state index is 0.209. The van der Waals surface area contributed by atoms with Crippen LogP contribution in [0.2, 0.25) is 20.1 Å². The summed E-state index contributed by atoms with van der Waals surface area (Å²) >= 11 is 25.4. The summed E-state index contributed by atoms with van der Waals surface area (Å²) in [6, 6.07) is 9.50. The van der Waals surface area contributed by atoms with Crippen LogP contribution in [0.3, 0.4) is 0 Å². The number of nitrogens with two attached hydrogens (primary N) is 2. The molecule has 6 nitrogen and oxygen atoms in total. The Morgan fingerprint density at radius 3 is 1.35 bits per heavy atom. The number of hydrogen-bond donors (Lipinski definition) is 2. The van der Waals surface area contributed by atoms with Crippen molar-refractivity contribution >= 4 is 57.8 Å². The van der Waals surface area contributed by atoms with Crippen LogP contribution in [-0.4, -0.2) is 13.2 Å². The Morgan fingerprint density at radius 1 is 0.588 bits per heavy atom. The molecule has 0 saturated heterocycles. The normalized spacial score (nSPS) is 10.8. The van der Waals surface area contributed by atoms with Crippen molar-refractivity contribution in [3.05, 3.63) is 56.5 Å². The Labute approximate surface area is 218 Å². The first-order chi connectivity index (χ1) is 16.2. The second-order valence-corrected chi connectivity index (χ2v) is 8.91. The molecule has 0 radical (unpaired) electrons. The third-order valence-corrected chi connectivity index (χ3v) is 5.51. The Hall–Kier alpha value is -2.38. The van der Waals surface area contributed by atoms with Gasteiger partial charge in [0.2, 0.25) is 5.75 Å². The fourth-order valence-corrected chi connectivity index (χ4v) is 4.09. The second-order valence-electron chi connectivity index (χ2n) is 7.28. The monoisotopic (exact) mass is 544 g/mol. The number of nitrogen functional groups attached to an aromatic ring is 2. The van der Waals surface area contributed by atoms with Crippen LogP contribution in [0.5, 0.6) is 34.5 Å². The quantitative estimate of drug-likeness (QED) is 0.248. The molecule has 0 saturated carbocycles. The zero-order valence-corrected chi connectivity index (χ0v) is 21.6. The van der Waals surface area contributed by atoms with E-state index in [0.717, 1.165) is 12.8 Å². The topological polar surface area (TPSA) is 89.0 Å². The average Bonchev–Trinajstić information content (AvgIpc) is 2.76. The molecule has 0 aliphatic carbocycles. The van der Waals surface area contributed by atoms with Crippen LogP contribution in [0.4, 0.5) is 11.4 Å². The van der Waals surface area contributed by atoms with Crippen LogP contribution in [0.15, 0.2) is 36.4 Å². The highest BCUT2D eigenvalue weighted by atomic mass is 35.5. The average molecular weight is 546 g/mol. The van der Waals surface area contributed by atoms with E-state index in [2.05, 4.69) is 0 Å². The molecule has 0 bridgehead atoms. The van der Waals surface area contributed by atoms with Gasteiger partial charge in [-0.1, -0.05) is 60.3 Å². The SMILES string of the molecule is CCCOc1cc(Oc2c(Cl)cc(N)cc2Cl)c(OCCC)c(Oc2c(Cl)cc(N)cc2Cl)c1. The Kier molecular flexibility index (Phi) is 9.14. The third kappa shape index (κ3) is 6.39. The molecule has 0 unspecified atom stereocenters. The summed E-state index contributed by atoms with van der Waals surface area (Å²) in [5.74, 6) is 1.73. The van der Waals surface area contributed by atoms with Gasteiger partial charge in [-0.25, -0.2) is 0 Å². The van der Waals surface area contributed by atoms with Crippen LogP contribution in [0, 0.1) is 0 Å². The highest BCUT2D eigenvalue weighted by Gasteiger charge is 2.22. The van der Waals surface area contributed by atoms with Crippen molar-refractivity contribution < 1.29 is 18.9 Å². The van der Waals surface area contributed by atoms with Gasteiger partial charge in [0.25, 0.3) is 0 Å². The van der Waals surface area contributed by atoms with Gasteiger partial charge in [-0.15, -0.1) is 0 Å². The third-order valence-electron chi connectivity index (χ3n) is 4.38. The Bertz CT molecular complexity index is 1050. The van der Waals surface area contributed by atoms with E-state index in [4.69, 9.17) is 76.8 Å². The molecule has 0 fully saturated rings. The molecular weight excluding hydrogens is 522 g/mol. The van der Waals surface area contributed by atoms with E-state index >= 15 is 0 Å². The van der Waals surface area contributed by atoms with E-state index in [9.17, 15) is 0 Å². The first kappa shape index (κ1) is 26.2. The molecule has 3 aromatic rings. The van der Waals surface area contributed by atoms with Gasteiger partial charge >= 0.3 is 0 Å². The number of halogens is 4. The molecule has 0 atom stereocenters. The maximum atomic E-state index is 6.35. The number of hydrogen-bond acceptors (Lipinski definition) is 6.